The lowest BCUT2D eigenvalue weighted by atomic mass is 10.1. The van der Waals surface area contributed by atoms with Gasteiger partial charge in [-0.1, -0.05) is 78.3 Å². The molecule has 4 rings (SSSR count). The lowest BCUT2D eigenvalue weighted by Crippen LogP contribution is -2.51. The molecule has 4 aromatic carbocycles. The first kappa shape index (κ1) is 58.0. The smallest absolute Gasteiger partial charge is 0.355 e. The Hall–Kier alpha value is -5.30. The number of carbonyl (C=O) groups is 4. The minimum atomic E-state index is -4.42. The van der Waals surface area contributed by atoms with Crippen LogP contribution in [0.15, 0.2) is 119 Å². The van der Waals surface area contributed by atoms with Gasteiger partial charge in [-0.2, -0.15) is 4.31 Å². The second-order valence-electron chi connectivity index (χ2n) is 19.5. The highest BCUT2D eigenvalue weighted by atomic mass is 35.5. The molecular formula is C50H62Cl2N2O13S2. The van der Waals surface area contributed by atoms with Crippen LogP contribution in [0.4, 0.5) is 0 Å². The number of halogens is 2. The second-order valence-corrected chi connectivity index (χ2v) is 24.1. The van der Waals surface area contributed by atoms with Crippen molar-refractivity contribution in [3.8, 4) is 22.3 Å². The van der Waals surface area contributed by atoms with Crippen LogP contribution in [-0.4, -0.2) is 103 Å². The van der Waals surface area contributed by atoms with Gasteiger partial charge in [0.05, 0.1) is 16.4 Å². The zero-order valence-electron chi connectivity index (χ0n) is 41.0. The van der Waals surface area contributed by atoms with Gasteiger partial charge in [0, 0.05) is 10.0 Å². The molecule has 0 aromatic heterocycles. The number of aliphatic hydroxyl groups excluding tert-OH is 1. The van der Waals surface area contributed by atoms with E-state index in [-0.39, 0.29) is 9.79 Å². The monoisotopic (exact) mass is 1030 g/mol. The summed E-state index contributed by atoms with van der Waals surface area (Å²) < 4.78 is 76.4. The zero-order valence-corrected chi connectivity index (χ0v) is 44.1. The number of aliphatic hydroxyl groups is 1. The Balaban J connectivity index is 0.000000365. The Bertz CT molecular complexity index is 2660. The summed E-state index contributed by atoms with van der Waals surface area (Å²) >= 11 is 11.9. The molecule has 1 atom stereocenters. The van der Waals surface area contributed by atoms with E-state index in [4.69, 9.17) is 42.1 Å². The van der Waals surface area contributed by atoms with Crippen LogP contribution < -0.4 is 0 Å². The number of nitrogens with zero attached hydrogens (tertiary/aromatic N) is 2. The largest absolute Gasteiger partial charge is 0.459 e. The predicted molar refractivity (Wildman–Crippen MR) is 265 cm³/mol. The van der Waals surface area contributed by atoms with E-state index in [9.17, 15) is 41.1 Å². The Morgan fingerprint density at radius 2 is 0.841 bits per heavy atom. The normalized spacial score (nSPS) is 12.8. The van der Waals surface area contributed by atoms with E-state index in [0.29, 0.717) is 18.7 Å². The maximum absolute atomic E-state index is 13.6. The fraction of sp³-hybridized carbons (Fsp3) is 0.400. The van der Waals surface area contributed by atoms with Crippen LogP contribution in [0, 0.1) is 0 Å². The minimum Gasteiger partial charge on any atom is -0.459 e. The van der Waals surface area contributed by atoms with Crippen LogP contribution in [-0.2, 0) is 58.2 Å². The van der Waals surface area contributed by atoms with Crippen LogP contribution in [0.5, 0.6) is 0 Å². The summed E-state index contributed by atoms with van der Waals surface area (Å²) in [5.41, 5.74) is -0.878. The van der Waals surface area contributed by atoms with E-state index < -0.39 is 97.8 Å². The van der Waals surface area contributed by atoms with Crippen molar-refractivity contribution in [3.05, 3.63) is 119 Å². The van der Waals surface area contributed by atoms with E-state index in [1.807, 2.05) is 12.1 Å². The molecule has 0 unspecified atom stereocenters. The summed E-state index contributed by atoms with van der Waals surface area (Å²) in [5.74, 6) is -3.65. The number of carbonyl (C=O) groups excluding carboxylic acids is 4. The molecule has 1 N–H and O–H groups in total. The van der Waals surface area contributed by atoms with Crippen LogP contribution in [0.3, 0.4) is 0 Å². The molecule has 0 fully saturated rings. The first-order valence-corrected chi connectivity index (χ1v) is 25.1. The van der Waals surface area contributed by atoms with Gasteiger partial charge in [0.1, 0.15) is 47.2 Å². The number of hydrogen-bond acceptors (Lipinski definition) is 13. The van der Waals surface area contributed by atoms with Gasteiger partial charge in [-0.3, -0.25) is 14.4 Å². The van der Waals surface area contributed by atoms with Crippen LogP contribution >= 0.6 is 23.2 Å². The lowest BCUT2D eigenvalue weighted by Gasteiger charge is -2.31. The Kier molecular flexibility index (Phi) is 19.4. The van der Waals surface area contributed by atoms with Crippen molar-refractivity contribution in [2.45, 2.75) is 121 Å². The number of sulfonamides is 2. The molecule has 69 heavy (non-hydrogen) atoms. The van der Waals surface area contributed by atoms with Crippen LogP contribution in [0.25, 0.3) is 22.3 Å². The second kappa shape index (κ2) is 23.1. The number of ether oxygens (including phenoxy) is 4. The van der Waals surface area contributed by atoms with Crippen molar-refractivity contribution in [3.63, 3.8) is 0 Å². The van der Waals surface area contributed by atoms with Gasteiger partial charge < -0.3 is 24.1 Å². The highest BCUT2D eigenvalue weighted by Crippen LogP contribution is 2.29. The molecule has 0 spiro atoms. The third-order valence-electron chi connectivity index (χ3n) is 8.79. The molecule has 0 aliphatic heterocycles. The topological polar surface area (TPSA) is 200 Å². The summed E-state index contributed by atoms with van der Waals surface area (Å²) in [5, 5.41) is 11.1. The number of esters is 4. The Labute approximate surface area is 416 Å². The number of benzene rings is 4. The number of hydrogen-bond donors (Lipinski definition) is 1. The van der Waals surface area contributed by atoms with Crippen molar-refractivity contribution in [2.24, 2.45) is 0 Å². The maximum atomic E-state index is 13.6. The summed E-state index contributed by atoms with van der Waals surface area (Å²) in [4.78, 5) is 50.2. The average Bonchev–Trinajstić information content (AvgIpc) is 3.21. The number of rotatable bonds is 15. The van der Waals surface area contributed by atoms with E-state index >= 15 is 0 Å². The van der Waals surface area contributed by atoms with Gasteiger partial charge in [0.15, 0.2) is 0 Å². The fourth-order valence-electron chi connectivity index (χ4n) is 5.96. The predicted octanol–water partition coefficient (Wildman–Crippen LogP) is 9.24. The molecule has 0 bridgehead atoms. The molecule has 0 amide bonds. The first-order chi connectivity index (χ1) is 31.5. The molecule has 19 heteroatoms. The van der Waals surface area contributed by atoms with Crippen molar-refractivity contribution in [2.75, 3.05) is 19.7 Å². The molecule has 0 radical (unpaired) electrons. The maximum Gasteiger partial charge on any atom is 0.355 e. The van der Waals surface area contributed by atoms with Crippen molar-refractivity contribution < 1.29 is 60.1 Å². The summed E-state index contributed by atoms with van der Waals surface area (Å²) in [6.45, 7) is 20.8. The molecule has 0 saturated heterocycles. The van der Waals surface area contributed by atoms with Crippen molar-refractivity contribution in [1.29, 1.82) is 0 Å². The molecule has 0 heterocycles. The zero-order chi connectivity index (χ0) is 52.5. The standard InChI is InChI=1S/C25H32ClNO7S.C25H30ClNO6S/c1-24(2,3)33-22(29)15-27(21(16-28)23(30)34-25(4,5)6)35(31,32)20-13-9-18(10-14-20)17-7-11-19(26)12-8-17;1-17(23(29)33-25(5,6)7)27(16-22(28)32-24(2,3)4)34(30,31)21-14-10-19(11-15-21)18-8-12-20(26)13-9-18/h7-14,21,28H,15-16H2,1-6H3;8-15H,1,16H2,2-7H3/t21-;/m0./s1. The average molecular weight is 1030 g/mol. The Morgan fingerprint density at radius 1 is 0.522 bits per heavy atom. The summed E-state index contributed by atoms with van der Waals surface area (Å²) in [6.07, 6.45) is 0. The highest BCUT2D eigenvalue weighted by molar-refractivity contribution is 7.89. The van der Waals surface area contributed by atoms with Gasteiger partial charge in [0.2, 0.25) is 10.0 Å². The SMILES string of the molecule is C=C(C(=O)OC(C)(C)C)N(CC(=O)OC(C)(C)C)S(=O)(=O)c1ccc(-c2ccc(Cl)cc2)cc1.CC(C)(C)OC(=O)CN([C@@H](CO)C(=O)OC(C)(C)C)S(=O)(=O)c1ccc(-c2ccc(Cl)cc2)cc1. The molecule has 0 saturated carbocycles. The van der Waals surface area contributed by atoms with Gasteiger partial charge in [-0.15, -0.1) is 0 Å². The van der Waals surface area contributed by atoms with Gasteiger partial charge in [-0.25, -0.2) is 25.9 Å². The highest BCUT2D eigenvalue weighted by Gasteiger charge is 2.40. The fourth-order valence-corrected chi connectivity index (χ4v) is 9.10. The molecule has 0 aliphatic rings. The quantitative estimate of drug-likeness (QED) is 0.0672. The lowest BCUT2D eigenvalue weighted by molar-refractivity contribution is -0.163. The van der Waals surface area contributed by atoms with Crippen molar-refractivity contribution in [1.82, 2.24) is 8.61 Å². The van der Waals surface area contributed by atoms with Gasteiger partial charge in [-0.05, 0) is 154 Å². The van der Waals surface area contributed by atoms with E-state index in [1.165, 1.54) is 24.3 Å². The van der Waals surface area contributed by atoms with Crippen molar-refractivity contribution >= 4 is 67.1 Å². The summed E-state index contributed by atoms with van der Waals surface area (Å²) in [7, 11) is -8.76. The molecule has 0 aliphatic carbocycles. The Morgan fingerprint density at radius 3 is 1.17 bits per heavy atom. The summed E-state index contributed by atoms with van der Waals surface area (Å²) in [6, 6.07) is 24.4. The molecule has 15 nitrogen and oxygen atoms in total. The van der Waals surface area contributed by atoms with Gasteiger partial charge >= 0.3 is 23.9 Å². The molecule has 376 valence electrons. The van der Waals surface area contributed by atoms with E-state index in [0.717, 1.165) is 22.3 Å². The minimum absolute atomic E-state index is 0.126. The third kappa shape index (κ3) is 18.2. The van der Waals surface area contributed by atoms with Crippen LogP contribution in [0.2, 0.25) is 10.0 Å². The third-order valence-corrected chi connectivity index (χ3v) is 13.0. The molecule has 4 aromatic rings. The van der Waals surface area contributed by atoms with E-state index in [1.54, 1.807) is 144 Å². The molecular weight excluding hydrogens is 972 g/mol. The van der Waals surface area contributed by atoms with Crippen LogP contribution in [0.1, 0.15) is 83.1 Å². The first-order valence-electron chi connectivity index (χ1n) is 21.5. The van der Waals surface area contributed by atoms with E-state index in [2.05, 4.69) is 6.58 Å². The van der Waals surface area contributed by atoms with Gasteiger partial charge in [0.25, 0.3) is 10.0 Å².